The van der Waals surface area contributed by atoms with Crippen LogP contribution in [0.3, 0.4) is 0 Å². The molecule has 5 heteroatoms. The van der Waals surface area contributed by atoms with Crippen molar-refractivity contribution in [3.05, 3.63) is 42.1 Å². The maximum atomic E-state index is 11.1. The second-order valence-corrected chi connectivity index (χ2v) is 4.27. The summed E-state index contributed by atoms with van der Waals surface area (Å²) in [6.07, 6.45) is 2.32. The summed E-state index contributed by atoms with van der Waals surface area (Å²) >= 11 is 0. The van der Waals surface area contributed by atoms with Crippen molar-refractivity contribution >= 4 is 22.9 Å². The van der Waals surface area contributed by atoms with Gasteiger partial charge in [0, 0.05) is 17.1 Å². The van der Waals surface area contributed by atoms with E-state index >= 15 is 0 Å². The Balaban J connectivity index is 2.26. The third kappa shape index (κ3) is 1.80. The number of hydrogen-bond donors (Lipinski definition) is 1. The number of hydrogen-bond acceptors (Lipinski definition) is 5. The van der Waals surface area contributed by atoms with Crippen molar-refractivity contribution in [2.45, 2.75) is 0 Å². The number of nitrogen functional groups attached to an aromatic ring is 1. The molecule has 0 aliphatic rings. The van der Waals surface area contributed by atoms with Gasteiger partial charge in [-0.2, -0.15) is 0 Å². The molecule has 0 aliphatic heterocycles. The Labute approximate surface area is 115 Å². The highest BCUT2D eigenvalue weighted by Crippen LogP contribution is 2.37. The topological polar surface area (TPSA) is 78.4 Å². The van der Waals surface area contributed by atoms with Crippen molar-refractivity contribution < 1.29 is 13.9 Å². The molecule has 0 radical (unpaired) electrons. The Morgan fingerprint density at radius 3 is 2.95 bits per heavy atom. The molecule has 5 nitrogen and oxygen atoms in total. The zero-order valence-corrected chi connectivity index (χ0v) is 10.8. The Kier molecular flexibility index (Phi) is 2.87. The van der Waals surface area contributed by atoms with Crippen LogP contribution in [0.5, 0.6) is 5.75 Å². The lowest BCUT2D eigenvalue weighted by Crippen LogP contribution is -1.93. The third-order valence-electron chi connectivity index (χ3n) is 3.11. The molecular formula is C15H12N2O3. The van der Waals surface area contributed by atoms with Crippen LogP contribution in [0.25, 0.3) is 22.4 Å². The van der Waals surface area contributed by atoms with Gasteiger partial charge in [-0.25, -0.2) is 0 Å². The Morgan fingerprint density at radius 2 is 2.20 bits per heavy atom. The molecule has 0 saturated carbocycles. The summed E-state index contributed by atoms with van der Waals surface area (Å²) in [4.78, 5) is 15.3. The van der Waals surface area contributed by atoms with Gasteiger partial charge in [0.05, 0.1) is 12.8 Å². The fourth-order valence-electron chi connectivity index (χ4n) is 2.10. The minimum Gasteiger partial charge on any atom is -0.497 e. The van der Waals surface area contributed by atoms with E-state index in [0.29, 0.717) is 34.0 Å². The summed E-state index contributed by atoms with van der Waals surface area (Å²) in [5, 5.41) is 0.738. The van der Waals surface area contributed by atoms with Crippen molar-refractivity contribution in [1.29, 1.82) is 0 Å². The fourth-order valence-corrected chi connectivity index (χ4v) is 2.10. The number of nitrogens with zero attached hydrogens (tertiary/aromatic N) is 1. The zero-order valence-electron chi connectivity index (χ0n) is 10.8. The lowest BCUT2D eigenvalue weighted by Gasteiger charge is -2.00. The number of rotatable bonds is 3. The Bertz CT molecular complexity index is 793. The quantitative estimate of drug-likeness (QED) is 0.739. The molecule has 3 aromatic rings. The highest BCUT2D eigenvalue weighted by Gasteiger charge is 2.17. The number of anilines is 1. The van der Waals surface area contributed by atoms with E-state index in [2.05, 4.69) is 4.98 Å². The summed E-state index contributed by atoms with van der Waals surface area (Å²) < 4.78 is 10.9. The zero-order chi connectivity index (χ0) is 14.1. The average molecular weight is 268 g/mol. The molecule has 0 atom stereocenters. The van der Waals surface area contributed by atoms with Gasteiger partial charge in [-0.3, -0.25) is 9.78 Å². The largest absolute Gasteiger partial charge is 0.497 e. The molecule has 0 amide bonds. The normalized spacial score (nSPS) is 10.7. The Hall–Kier alpha value is -2.82. The van der Waals surface area contributed by atoms with Crippen LogP contribution >= 0.6 is 0 Å². The monoisotopic (exact) mass is 268 g/mol. The lowest BCUT2D eigenvalue weighted by atomic mass is 10.1. The van der Waals surface area contributed by atoms with E-state index in [4.69, 9.17) is 14.9 Å². The molecule has 0 bridgehead atoms. The number of ether oxygens (including phenoxy) is 1. The summed E-state index contributed by atoms with van der Waals surface area (Å²) in [6, 6.07) is 8.71. The van der Waals surface area contributed by atoms with Crippen molar-refractivity contribution in [2.75, 3.05) is 12.8 Å². The maximum absolute atomic E-state index is 11.1. The van der Waals surface area contributed by atoms with E-state index in [9.17, 15) is 4.79 Å². The number of pyridine rings is 1. The highest BCUT2D eigenvalue weighted by molar-refractivity contribution is 6.00. The van der Waals surface area contributed by atoms with Crippen LogP contribution in [0.15, 0.2) is 40.9 Å². The molecule has 1 aromatic carbocycles. The number of carbonyl (C=O) groups excluding carboxylic acids is 1. The molecule has 2 N–H and O–H groups in total. The molecule has 0 fully saturated rings. The summed E-state index contributed by atoms with van der Waals surface area (Å²) in [5.74, 6) is 1.09. The number of aromatic nitrogens is 1. The van der Waals surface area contributed by atoms with Crippen LogP contribution in [0, 0.1) is 0 Å². The lowest BCUT2D eigenvalue weighted by molar-refractivity contribution is 0.112. The van der Waals surface area contributed by atoms with Crippen LogP contribution in [0.2, 0.25) is 0 Å². The molecule has 0 saturated heterocycles. The van der Waals surface area contributed by atoms with Gasteiger partial charge in [0.15, 0.2) is 12.0 Å². The first-order valence-electron chi connectivity index (χ1n) is 6.01. The van der Waals surface area contributed by atoms with E-state index < -0.39 is 0 Å². The SMILES string of the molecule is COc1ccc2oc(-c3ncccc3C=O)c(N)c2c1. The van der Waals surface area contributed by atoms with Crippen molar-refractivity contribution in [3.63, 3.8) is 0 Å². The van der Waals surface area contributed by atoms with E-state index in [-0.39, 0.29) is 0 Å². The minimum absolute atomic E-state index is 0.399. The number of nitrogens with two attached hydrogens (primary N) is 1. The minimum atomic E-state index is 0.399. The van der Waals surface area contributed by atoms with Crippen molar-refractivity contribution in [2.24, 2.45) is 0 Å². The average Bonchev–Trinajstić information content (AvgIpc) is 2.83. The van der Waals surface area contributed by atoms with E-state index in [0.717, 1.165) is 11.7 Å². The van der Waals surface area contributed by atoms with Gasteiger partial charge >= 0.3 is 0 Å². The predicted molar refractivity (Wildman–Crippen MR) is 75.8 cm³/mol. The highest BCUT2D eigenvalue weighted by atomic mass is 16.5. The van der Waals surface area contributed by atoms with Crippen molar-refractivity contribution in [3.8, 4) is 17.2 Å². The molecular weight excluding hydrogens is 256 g/mol. The fraction of sp³-hybridized carbons (Fsp3) is 0.0667. The molecule has 2 heterocycles. The number of fused-ring (bicyclic) bond motifs is 1. The van der Waals surface area contributed by atoms with Crippen molar-refractivity contribution in [1.82, 2.24) is 4.98 Å². The number of furan rings is 1. The smallest absolute Gasteiger partial charge is 0.177 e. The molecule has 2 aromatic heterocycles. The second-order valence-electron chi connectivity index (χ2n) is 4.27. The molecule has 0 spiro atoms. The van der Waals surface area contributed by atoms with Gasteiger partial charge in [0.25, 0.3) is 0 Å². The Morgan fingerprint density at radius 1 is 1.35 bits per heavy atom. The maximum Gasteiger partial charge on any atom is 0.177 e. The van der Waals surface area contributed by atoms with E-state index in [1.165, 1.54) is 0 Å². The molecule has 0 aliphatic carbocycles. The second kappa shape index (κ2) is 4.70. The third-order valence-corrected chi connectivity index (χ3v) is 3.11. The van der Waals surface area contributed by atoms with Crippen LogP contribution in [-0.4, -0.2) is 18.4 Å². The van der Waals surface area contributed by atoms with Gasteiger partial charge in [-0.1, -0.05) is 0 Å². The number of methoxy groups -OCH3 is 1. The summed E-state index contributed by atoms with van der Waals surface area (Å²) in [7, 11) is 1.58. The van der Waals surface area contributed by atoms with Crippen LogP contribution in [0.1, 0.15) is 10.4 Å². The van der Waals surface area contributed by atoms with Crippen LogP contribution < -0.4 is 10.5 Å². The first-order valence-corrected chi connectivity index (χ1v) is 6.01. The first-order chi connectivity index (χ1) is 9.74. The van der Waals surface area contributed by atoms with Gasteiger partial charge < -0.3 is 14.9 Å². The molecule has 100 valence electrons. The van der Waals surface area contributed by atoms with E-state index in [1.807, 2.05) is 0 Å². The predicted octanol–water partition coefficient (Wildman–Crippen LogP) is 2.90. The molecule has 0 unspecified atom stereocenters. The van der Waals surface area contributed by atoms with Gasteiger partial charge in [0.2, 0.25) is 0 Å². The standard InChI is InChI=1S/C15H12N2O3/c1-19-10-4-5-12-11(7-10)13(16)15(20-12)14-9(8-18)3-2-6-17-14/h2-8H,16H2,1H3. The van der Waals surface area contributed by atoms with Crippen LogP contribution in [-0.2, 0) is 0 Å². The number of aldehydes is 1. The van der Waals surface area contributed by atoms with E-state index in [1.54, 1.807) is 43.6 Å². The molecule has 3 rings (SSSR count). The van der Waals surface area contributed by atoms with Gasteiger partial charge in [-0.15, -0.1) is 0 Å². The molecule has 20 heavy (non-hydrogen) atoms. The van der Waals surface area contributed by atoms with Gasteiger partial charge in [-0.05, 0) is 30.3 Å². The summed E-state index contributed by atoms with van der Waals surface area (Å²) in [6.45, 7) is 0. The number of carbonyl (C=O) groups is 1. The number of benzene rings is 1. The van der Waals surface area contributed by atoms with Crippen LogP contribution in [0.4, 0.5) is 5.69 Å². The first kappa shape index (κ1) is 12.2. The van der Waals surface area contributed by atoms with Gasteiger partial charge in [0.1, 0.15) is 17.0 Å². The summed E-state index contributed by atoms with van der Waals surface area (Å²) in [5.41, 5.74) is 8.06.